The SMILES string of the molecule is CCOc1ccc(OC(C)C(=O)NNC(=O)CCCN2C(=O)CN(C)C2=O)cc1. The molecule has 2 N–H and O–H groups in total. The van der Waals surface area contributed by atoms with Gasteiger partial charge in [-0.3, -0.25) is 30.1 Å². The Kier molecular flexibility index (Phi) is 7.81. The van der Waals surface area contributed by atoms with E-state index in [1.54, 1.807) is 38.2 Å². The van der Waals surface area contributed by atoms with Gasteiger partial charge in [0.05, 0.1) is 6.61 Å². The van der Waals surface area contributed by atoms with E-state index in [4.69, 9.17) is 9.47 Å². The fourth-order valence-corrected chi connectivity index (χ4v) is 2.62. The van der Waals surface area contributed by atoms with Crippen LogP contribution in [-0.2, 0) is 14.4 Å². The van der Waals surface area contributed by atoms with Gasteiger partial charge >= 0.3 is 6.03 Å². The van der Waals surface area contributed by atoms with Gasteiger partial charge in [0, 0.05) is 20.0 Å². The third kappa shape index (κ3) is 6.37. The fraction of sp³-hybridized carbons (Fsp3) is 0.474. The van der Waals surface area contributed by atoms with Gasteiger partial charge in [0.2, 0.25) is 11.8 Å². The molecule has 1 aromatic carbocycles. The minimum atomic E-state index is -0.830. The molecule has 10 heteroatoms. The summed E-state index contributed by atoms with van der Waals surface area (Å²) in [5, 5.41) is 0. The van der Waals surface area contributed by atoms with Gasteiger partial charge in [-0.2, -0.15) is 0 Å². The highest BCUT2D eigenvalue weighted by atomic mass is 16.5. The smallest absolute Gasteiger partial charge is 0.326 e. The first kappa shape index (κ1) is 22.0. The van der Waals surface area contributed by atoms with Crippen LogP contribution in [0, 0.1) is 0 Å². The van der Waals surface area contributed by atoms with E-state index in [1.807, 2.05) is 6.92 Å². The van der Waals surface area contributed by atoms with Gasteiger partial charge in [-0.05, 0) is 44.5 Å². The molecule has 1 atom stereocenters. The first-order chi connectivity index (χ1) is 13.8. The summed E-state index contributed by atoms with van der Waals surface area (Å²) in [5.74, 6) is -0.0372. The molecule has 0 aliphatic carbocycles. The Hall–Kier alpha value is -3.30. The van der Waals surface area contributed by atoms with Crippen molar-refractivity contribution in [3.05, 3.63) is 24.3 Å². The normalized spacial score (nSPS) is 14.6. The van der Waals surface area contributed by atoms with Crippen molar-refractivity contribution in [2.45, 2.75) is 32.8 Å². The largest absolute Gasteiger partial charge is 0.494 e. The maximum absolute atomic E-state index is 12.0. The van der Waals surface area contributed by atoms with Crippen molar-refractivity contribution in [1.29, 1.82) is 0 Å². The quantitative estimate of drug-likeness (QED) is 0.460. The lowest BCUT2D eigenvalue weighted by Gasteiger charge is -2.16. The molecule has 1 aliphatic heterocycles. The Labute approximate surface area is 169 Å². The van der Waals surface area contributed by atoms with Crippen LogP contribution in [0.3, 0.4) is 0 Å². The second kappa shape index (κ2) is 10.3. The van der Waals surface area contributed by atoms with Gasteiger partial charge in [-0.25, -0.2) is 4.79 Å². The predicted octanol–water partition coefficient (Wildman–Crippen LogP) is 0.674. The molecule has 158 valence electrons. The number of urea groups is 1. The molecule has 29 heavy (non-hydrogen) atoms. The summed E-state index contributed by atoms with van der Waals surface area (Å²) >= 11 is 0. The van der Waals surface area contributed by atoms with Gasteiger partial charge in [0.1, 0.15) is 18.0 Å². The average Bonchev–Trinajstić information content (AvgIpc) is 2.93. The van der Waals surface area contributed by atoms with Crippen LogP contribution in [0.2, 0.25) is 0 Å². The Balaban J connectivity index is 1.67. The van der Waals surface area contributed by atoms with Crippen LogP contribution in [0.4, 0.5) is 4.79 Å². The van der Waals surface area contributed by atoms with E-state index in [9.17, 15) is 19.2 Å². The molecule has 10 nitrogen and oxygen atoms in total. The Morgan fingerprint density at radius 1 is 1.14 bits per heavy atom. The molecule has 2 rings (SSSR count). The molecule has 0 aromatic heterocycles. The van der Waals surface area contributed by atoms with Gasteiger partial charge in [-0.1, -0.05) is 0 Å². The zero-order valence-electron chi connectivity index (χ0n) is 16.8. The number of imide groups is 1. The number of amides is 5. The summed E-state index contributed by atoms with van der Waals surface area (Å²) in [6, 6.07) is 6.47. The number of hydrazine groups is 1. The lowest BCUT2D eigenvalue weighted by atomic mass is 10.3. The molecule has 5 amide bonds. The first-order valence-corrected chi connectivity index (χ1v) is 9.35. The molecular weight excluding hydrogens is 380 g/mol. The van der Waals surface area contributed by atoms with Gasteiger partial charge in [0.15, 0.2) is 6.10 Å². The maximum atomic E-state index is 12.0. The standard InChI is InChI=1S/C19H26N4O6/c1-4-28-14-7-9-15(10-8-14)29-13(2)18(26)21-20-16(24)6-5-11-23-17(25)12-22(3)19(23)27/h7-10,13H,4-6,11-12H2,1-3H3,(H,20,24)(H,21,26). The topological polar surface area (TPSA) is 117 Å². The first-order valence-electron chi connectivity index (χ1n) is 9.35. The summed E-state index contributed by atoms with van der Waals surface area (Å²) in [6.45, 7) is 4.20. The summed E-state index contributed by atoms with van der Waals surface area (Å²) < 4.78 is 10.9. The number of nitrogens with zero attached hydrogens (tertiary/aromatic N) is 2. The summed E-state index contributed by atoms with van der Waals surface area (Å²) in [5.41, 5.74) is 4.59. The Morgan fingerprint density at radius 3 is 2.38 bits per heavy atom. The molecule has 1 fully saturated rings. The zero-order chi connectivity index (χ0) is 21.4. The minimum Gasteiger partial charge on any atom is -0.494 e. The molecule has 1 unspecified atom stereocenters. The number of hydrogen-bond donors (Lipinski definition) is 2. The number of nitrogens with one attached hydrogen (secondary N) is 2. The molecule has 1 aromatic rings. The van der Waals surface area contributed by atoms with Crippen LogP contribution in [-0.4, -0.2) is 66.4 Å². The number of ether oxygens (including phenoxy) is 2. The molecule has 1 aliphatic rings. The summed E-state index contributed by atoms with van der Waals surface area (Å²) in [6.07, 6.45) is -0.482. The van der Waals surface area contributed by atoms with Gasteiger partial charge in [-0.15, -0.1) is 0 Å². The maximum Gasteiger partial charge on any atom is 0.326 e. The van der Waals surface area contributed by atoms with Crippen LogP contribution in [0.1, 0.15) is 26.7 Å². The number of hydrogen-bond acceptors (Lipinski definition) is 6. The minimum absolute atomic E-state index is 0.0489. The van der Waals surface area contributed by atoms with E-state index < -0.39 is 17.9 Å². The van der Waals surface area contributed by atoms with Crippen molar-refractivity contribution in [2.75, 3.05) is 26.7 Å². The van der Waals surface area contributed by atoms with Crippen LogP contribution >= 0.6 is 0 Å². The van der Waals surface area contributed by atoms with Crippen molar-refractivity contribution in [2.24, 2.45) is 0 Å². The molecule has 0 bridgehead atoms. The van der Waals surface area contributed by atoms with Crippen LogP contribution in [0.15, 0.2) is 24.3 Å². The number of benzene rings is 1. The van der Waals surface area contributed by atoms with Crippen molar-refractivity contribution < 1.29 is 28.7 Å². The van der Waals surface area contributed by atoms with Crippen LogP contribution in [0.5, 0.6) is 11.5 Å². The van der Waals surface area contributed by atoms with Crippen molar-refractivity contribution in [3.8, 4) is 11.5 Å². The molecular formula is C19H26N4O6. The lowest BCUT2D eigenvalue weighted by Crippen LogP contribution is -2.47. The summed E-state index contributed by atoms with van der Waals surface area (Å²) in [4.78, 5) is 49.7. The van der Waals surface area contributed by atoms with Crippen molar-refractivity contribution >= 4 is 23.8 Å². The van der Waals surface area contributed by atoms with Gasteiger partial charge in [0.25, 0.3) is 5.91 Å². The van der Waals surface area contributed by atoms with Crippen molar-refractivity contribution in [1.82, 2.24) is 20.7 Å². The number of likely N-dealkylation sites (N-methyl/N-ethyl adjacent to an activating group) is 1. The monoisotopic (exact) mass is 406 g/mol. The van der Waals surface area contributed by atoms with E-state index in [2.05, 4.69) is 10.9 Å². The third-order valence-corrected chi connectivity index (χ3v) is 4.16. The summed E-state index contributed by atoms with van der Waals surface area (Å²) in [7, 11) is 1.54. The predicted molar refractivity (Wildman–Crippen MR) is 103 cm³/mol. The Bertz CT molecular complexity index is 752. The van der Waals surface area contributed by atoms with E-state index in [-0.39, 0.29) is 31.4 Å². The highest BCUT2D eigenvalue weighted by Crippen LogP contribution is 2.18. The molecule has 0 spiro atoms. The molecule has 1 saturated heterocycles. The van der Waals surface area contributed by atoms with E-state index in [0.29, 0.717) is 24.5 Å². The molecule has 0 radical (unpaired) electrons. The Morgan fingerprint density at radius 2 is 1.79 bits per heavy atom. The molecule has 0 saturated carbocycles. The zero-order valence-corrected chi connectivity index (χ0v) is 16.8. The van der Waals surface area contributed by atoms with E-state index >= 15 is 0 Å². The fourth-order valence-electron chi connectivity index (χ4n) is 2.62. The molecule has 1 heterocycles. The average molecular weight is 406 g/mol. The highest BCUT2D eigenvalue weighted by Gasteiger charge is 2.32. The van der Waals surface area contributed by atoms with Crippen LogP contribution in [0.25, 0.3) is 0 Å². The third-order valence-electron chi connectivity index (χ3n) is 4.16. The lowest BCUT2D eigenvalue weighted by molar-refractivity contribution is -0.132. The highest BCUT2D eigenvalue weighted by molar-refractivity contribution is 6.01. The van der Waals surface area contributed by atoms with Crippen LogP contribution < -0.4 is 20.3 Å². The van der Waals surface area contributed by atoms with Crippen molar-refractivity contribution in [3.63, 3.8) is 0 Å². The number of rotatable bonds is 9. The number of carbonyl (C=O) groups is 4. The number of carbonyl (C=O) groups excluding carboxylic acids is 4. The van der Waals surface area contributed by atoms with Gasteiger partial charge < -0.3 is 14.4 Å². The second-order valence-corrected chi connectivity index (χ2v) is 6.49. The second-order valence-electron chi connectivity index (χ2n) is 6.49. The van der Waals surface area contributed by atoms with E-state index in [0.717, 1.165) is 4.90 Å². The van der Waals surface area contributed by atoms with E-state index in [1.165, 1.54) is 4.90 Å².